The van der Waals surface area contributed by atoms with Crippen molar-refractivity contribution >= 4 is 11.8 Å². The standard InChI is InChI=1S/C13H20N2O2/c1-4-9-10-7-8-15(13(17)14(2)3)11(10)5-6-12(9)16/h11H,4-8H2,1-3H3. The van der Waals surface area contributed by atoms with Gasteiger partial charge in [0, 0.05) is 27.1 Å². The molecule has 0 N–H and O–H groups in total. The number of fused-ring (bicyclic) bond motifs is 1. The molecule has 94 valence electrons. The Hall–Kier alpha value is -1.32. The van der Waals surface area contributed by atoms with Crippen molar-refractivity contribution in [3.8, 4) is 0 Å². The van der Waals surface area contributed by atoms with E-state index in [1.165, 1.54) is 5.57 Å². The Morgan fingerprint density at radius 2 is 2.12 bits per heavy atom. The van der Waals surface area contributed by atoms with Gasteiger partial charge in [0.15, 0.2) is 5.78 Å². The van der Waals surface area contributed by atoms with Gasteiger partial charge < -0.3 is 9.80 Å². The highest BCUT2D eigenvalue weighted by Crippen LogP contribution is 2.35. The van der Waals surface area contributed by atoms with Crippen LogP contribution in [0, 0.1) is 0 Å². The number of amides is 2. The van der Waals surface area contributed by atoms with Gasteiger partial charge in [-0.25, -0.2) is 4.79 Å². The lowest BCUT2D eigenvalue weighted by molar-refractivity contribution is -0.116. The smallest absolute Gasteiger partial charge is 0.319 e. The van der Waals surface area contributed by atoms with Crippen LogP contribution in [0.3, 0.4) is 0 Å². The minimum absolute atomic E-state index is 0.0646. The lowest BCUT2D eigenvalue weighted by atomic mass is 9.86. The number of allylic oxidation sites excluding steroid dienone is 1. The van der Waals surface area contributed by atoms with Gasteiger partial charge in [0.1, 0.15) is 0 Å². The fourth-order valence-corrected chi connectivity index (χ4v) is 2.94. The first-order valence-corrected chi connectivity index (χ1v) is 6.29. The molecular formula is C13H20N2O2. The second-order valence-electron chi connectivity index (χ2n) is 4.96. The number of urea groups is 1. The average Bonchev–Trinajstić information content (AvgIpc) is 2.71. The quantitative estimate of drug-likeness (QED) is 0.696. The molecular weight excluding hydrogens is 216 g/mol. The fraction of sp³-hybridized carbons (Fsp3) is 0.692. The Morgan fingerprint density at radius 1 is 1.41 bits per heavy atom. The molecule has 1 atom stereocenters. The highest BCUT2D eigenvalue weighted by molar-refractivity contribution is 5.97. The van der Waals surface area contributed by atoms with Gasteiger partial charge in [-0.05, 0) is 30.4 Å². The highest BCUT2D eigenvalue weighted by Gasteiger charge is 2.38. The van der Waals surface area contributed by atoms with Crippen LogP contribution in [0.25, 0.3) is 0 Å². The lowest BCUT2D eigenvalue weighted by Gasteiger charge is -2.31. The maximum Gasteiger partial charge on any atom is 0.319 e. The average molecular weight is 236 g/mol. The van der Waals surface area contributed by atoms with Crippen molar-refractivity contribution in [1.29, 1.82) is 0 Å². The van der Waals surface area contributed by atoms with Crippen LogP contribution in [0.1, 0.15) is 32.6 Å². The number of carbonyl (C=O) groups excluding carboxylic acids is 2. The van der Waals surface area contributed by atoms with E-state index in [0.29, 0.717) is 6.42 Å². The van der Waals surface area contributed by atoms with E-state index in [9.17, 15) is 9.59 Å². The van der Waals surface area contributed by atoms with Gasteiger partial charge in [-0.3, -0.25) is 4.79 Å². The number of hydrogen-bond acceptors (Lipinski definition) is 2. The summed E-state index contributed by atoms with van der Waals surface area (Å²) >= 11 is 0. The molecule has 0 aromatic carbocycles. The van der Waals surface area contributed by atoms with E-state index in [-0.39, 0.29) is 17.9 Å². The molecule has 4 heteroatoms. The van der Waals surface area contributed by atoms with E-state index in [2.05, 4.69) is 0 Å². The predicted octanol–water partition coefficient (Wildman–Crippen LogP) is 1.81. The number of hydrogen-bond donors (Lipinski definition) is 0. The molecule has 1 aliphatic carbocycles. The Kier molecular flexibility index (Phi) is 3.22. The fourth-order valence-electron chi connectivity index (χ4n) is 2.94. The number of carbonyl (C=O) groups is 2. The van der Waals surface area contributed by atoms with Crippen LogP contribution in [0.15, 0.2) is 11.1 Å². The summed E-state index contributed by atoms with van der Waals surface area (Å²) in [4.78, 5) is 27.4. The van der Waals surface area contributed by atoms with Gasteiger partial charge >= 0.3 is 6.03 Å². The zero-order valence-electron chi connectivity index (χ0n) is 10.8. The molecule has 0 aromatic rings. The third-order valence-electron chi connectivity index (χ3n) is 3.75. The normalized spacial score (nSPS) is 24.1. The van der Waals surface area contributed by atoms with Crippen LogP contribution in [0.5, 0.6) is 0 Å². The summed E-state index contributed by atoms with van der Waals surface area (Å²) in [6.07, 6.45) is 3.07. The van der Waals surface area contributed by atoms with Crippen molar-refractivity contribution in [2.75, 3.05) is 20.6 Å². The summed E-state index contributed by atoms with van der Waals surface area (Å²) in [5.41, 5.74) is 2.20. The summed E-state index contributed by atoms with van der Waals surface area (Å²) in [6.45, 7) is 2.78. The molecule has 2 aliphatic rings. The number of rotatable bonds is 1. The van der Waals surface area contributed by atoms with Gasteiger partial charge in [0.2, 0.25) is 0 Å². The summed E-state index contributed by atoms with van der Waals surface area (Å²) in [5, 5.41) is 0. The van der Waals surface area contributed by atoms with Gasteiger partial charge in [0.05, 0.1) is 6.04 Å². The summed E-state index contributed by atoms with van der Waals surface area (Å²) in [7, 11) is 3.55. The van der Waals surface area contributed by atoms with Crippen molar-refractivity contribution < 1.29 is 9.59 Å². The number of Topliss-reactive ketones (excluding diaryl/α,β-unsaturated/α-hetero) is 1. The van der Waals surface area contributed by atoms with Gasteiger partial charge in [0.25, 0.3) is 0 Å². The van der Waals surface area contributed by atoms with Crippen molar-refractivity contribution in [2.45, 2.75) is 38.6 Å². The molecule has 0 saturated carbocycles. The first kappa shape index (κ1) is 12.1. The topological polar surface area (TPSA) is 40.6 Å². The Labute approximate surface area is 102 Å². The van der Waals surface area contributed by atoms with E-state index in [1.807, 2.05) is 11.8 Å². The van der Waals surface area contributed by atoms with Crippen molar-refractivity contribution in [1.82, 2.24) is 9.80 Å². The predicted molar refractivity (Wildman–Crippen MR) is 65.8 cm³/mol. The van der Waals surface area contributed by atoms with E-state index < -0.39 is 0 Å². The van der Waals surface area contributed by atoms with Crippen LogP contribution in [0.4, 0.5) is 4.79 Å². The Balaban J connectivity index is 2.28. The van der Waals surface area contributed by atoms with Crippen LogP contribution < -0.4 is 0 Å². The van der Waals surface area contributed by atoms with Crippen LogP contribution in [0.2, 0.25) is 0 Å². The zero-order valence-corrected chi connectivity index (χ0v) is 10.8. The second-order valence-corrected chi connectivity index (χ2v) is 4.96. The summed E-state index contributed by atoms with van der Waals surface area (Å²) in [5.74, 6) is 0.290. The van der Waals surface area contributed by atoms with Gasteiger partial charge in [-0.15, -0.1) is 0 Å². The van der Waals surface area contributed by atoms with Crippen molar-refractivity contribution in [2.24, 2.45) is 0 Å². The second kappa shape index (κ2) is 4.51. The SMILES string of the molecule is CCC1=C2CCN(C(=O)N(C)C)C2CCC1=O. The first-order valence-electron chi connectivity index (χ1n) is 6.29. The van der Waals surface area contributed by atoms with Gasteiger partial charge in [-0.1, -0.05) is 6.92 Å². The molecule has 1 fully saturated rings. The number of likely N-dealkylation sites (tertiary alicyclic amines) is 1. The highest BCUT2D eigenvalue weighted by atomic mass is 16.2. The summed E-state index contributed by atoms with van der Waals surface area (Å²) < 4.78 is 0. The maximum absolute atomic E-state index is 12.0. The maximum atomic E-state index is 12.0. The van der Waals surface area contributed by atoms with E-state index in [4.69, 9.17) is 0 Å². The van der Waals surface area contributed by atoms with Gasteiger partial charge in [-0.2, -0.15) is 0 Å². The number of nitrogens with zero attached hydrogens (tertiary/aromatic N) is 2. The van der Waals surface area contributed by atoms with Crippen LogP contribution in [-0.4, -0.2) is 48.3 Å². The third kappa shape index (κ3) is 1.96. The Morgan fingerprint density at radius 3 is 2.71 bits per heavy atom. The van der Waals surface area contributed by atoms with Crippen molar-refractivity contribution in [3.63, 3.8) is 0 Å². The third-order valence-corrected chi connectivity index (χ3v) is 3.75. The lowest BCUT2D eigenvalue weighted by Crippen LogP contribution is -2.43. The molecule has 1 aliphatic heterocycles. The minimum Gasteiger partial charge on any atom is -0.331 e. The molecule has 1 unspecified atom stereocenters. The van der Waals surface area contributed by atoms with E-state index in [1.54, 1.807) is 19.0 Å². The molecule has 0 radical (unpaired) electrons. The molecule has 1 heterocycles. The molecule has 1 saturated heterocycles. The molecule has 2 rings (SSSR count). The monoisotopic (exact) mass is 236 g/mol. The molecule has 0 spiro atoms. The Bertz CT molecular complexity index is 385. The molecule has 4 nitrogen and oxygen atoms in total. The molecule has 17 heavy (non-hydrogen) atoms. The minimum atomic E-state index is 0.0646. The van der Waals surface area contributed by atoms with Crippen molar-refractivity contribution in [3.05, 3.63) is 11.1 Å². The first-order chi connectivity index (χ1) is 8.06. The van der Waals surface area contributed by atoms with E-state index in [0.717, 1.165) is 31.4 Å². The summed E-state index contributed by atoms with van der Waals surface area (Å²) in [6, 6.07) is 0.243. The molecule has 2 amide bonds. The largest absolute Gasteiger partial charge is 0.331 e. The van der Waals surface area contributed by atoms with Crippen LogP contribution in [-0.2, 0) is 4.79 Å². The van der Waals surface area contributed by atoms with Crippen LogP contribution >= 0.6 is 0 Å². The molecule has 0 aromatic heterocycles. The number of ketones is 1. The zero-order chi connectivity index (χ0) is 12.6. The molecule has 0 bridgehead atoms. The van der Waals surface area contributed by atoms with E-state index >= 15 is 0 Å².